The fraction of sp³-hybridized carbons (Fsp3) is 0. The summed E-state index contributed by atoms with van der Waals surface area (Å²) in [5, 5.41) is 0. The molecule has 64 heavy (non-hydrogen) atoms. The van der Waals surface area contributed by atoms with Gasteiger partial charge < -0.3 is 0 Å². The number of hydrogen-bond acceptors (Lipinski definition) is 8. The number of pyridine rings is 6. The van der Waals surface area contributed by atoms with Gasteiger partial charge in [-0.25, -0.2) is 0 Å². The number of aromatic nitrogens is 8. The van der Waals surface area contributed by atoms with Crippen molar-refractivity contribution < 1.29 is 95.0 Å². The van der Waals surface area contributed by atoms with Crippen LogP contribution in [0.1, 0.15) is 0 Å². The first kappa shape index (κ1) is 56.7. The van der Waals surface area contributed by atoms with Crippen LogP contribution < -0.4 is 0 Å². The molecule has 0 aliphatic carbocycles. The van der Waals surface area contributed by atoms with Crippen LogP contribution in [0.2, 0.25) is 0 Å². The molecule has 0 spiro atoms. The normalized spacial score (nSPS) is 14.1. The van der Waals surface area contributed by atoms with Crippen LogP contribution >= 0.6 is 23.4 Å². The SMILES string of the molecule is F[P-](F)(F)(F)(F)F.F[P-](F)(F)(F)(F)F.F[P-](F)(F)(F)(F)F.[Ru+3].c1ccc(-c2ccccn2)nc1.c1ccc(-c2ccccn2)nc1.c1ccc(-c2nccnc2-c2ccccn2)nc1. The van der Waals surface area contributed by atoms with Crippen LogP contribution in [-0.4, -0.2) is 39.9 Å². The quantitative estimate of drug-likeness (QED) is 0.0976. The Balaban J connectivity index is 0.000000400. The standard InChI is InChI=1S/C14H10N4.2C10H8N2.3F6P.Ru/c1-3-7-15-11(5-1)13-14(18-10-9-17-13)12-6-2-4-8-16-12;2*1-3-7-11-9(5-1)10-6-2-4-8-12-10;3*1-7(2,3,4,5)6;/h1-10H;2*1-8H;;;;/q;;;3*-1;+3. The van der Waals surface area contributed by atoms with E-state index in [1.165, 1.54) is 0 Å². The summed E-state index contributed by atoms with van der Waals surface area (Å²) < 4.78 is 178. The van der Waals surface area contributed by atoms with E-state index in [4.69, 9.17) is 0 Å². The Morgan fingerprint density at radius 1 is 0.219 bits per heavy atom. The maximum Gasteiger partial charge on any atom is 3.00 e. The second-order valence-electron chi connectivity index (χ2n) is 11.4. The zero-order chi connectivity index (χ0) is 47.9. The van der Waals surface area contributed by atoms with Crippen molar-refractivity contribution in [2.24, 2.45) is 0 Å². The third-order valence-corrected chi connectivity index (χ3v) is 5.70. The maximum atomic E-state index is 9.87. The van der Waals surface area contributed by atoms with Crippen molar-refractivity contribution in [2.75, 3.05) is 0 Å². The molecule has 0 aliphatic heterocycles. The van der Waals surface area contributed by atoms with Gasteiger partial charge in [-0.15, -0.1) is 0 Å². The van der Waals surface area contributed by atoms with Crippen LogP contribution in [0.25, 0.3) is 45.6 Å². The summed E-state index contributed by atoms with van der Waals surface area (Å²) >= 11 is 0. The minimum absolute atomic E-state index is 0. The molecule has 8 nitrogen and oxygen atoms in total. The zero-order valence-electron chi connectivity index (χ0n) is 31.1. The number of nitrogens with zero attached hydrogens (tertiary/aromatic N) is 8. The van der Waals surface area contributed by atoms with Crippen molar-refractivity contribution in [3.8, 4) is 45.6 Å². The maximum absolute atomic E-state index is 10.7. The fourth-order valence-electron chi connectivity index (χ4n) is 3.78. The summed E-state index contributed by atoms with van der Waals surface area (Å²) in [6, 6.07) is 34.6. The molecule has 0 unspecified atom stereocenters. The molecule has 351 valence electrons. The van der Waals surface area contributed by atoms with Gasteiger partial charge in [-0.1, -0.05) is 36.4 Å². The summed E-state index contributed by atoms with van der Waals surface area (Å²) in [6.07, 6.45) is 13.9. The first-order chi connectivity index (χ1) is 28.2. The van der Waals surface area contributed by atoms with Crippen LogP contribution in [0.3, 0.4) is 0 Å². The Labute approximate surface area is 361 Å². The average molecular weight is 1080 g/mol. The summed E-state index contributed by atoms with van der Waals surface area (Å²) in [7, 11) is -32.0. The van der Waals surface area contributed by atoms with E-state index in [1.54, 1.807) is 49.6 Å². The molecule has 7 aromatic rings. The topological polar surface area (TPSA) is 103 Å². The van der Waals surface area contributed by atoms with Gasteiger partial charge in [-0.2, -0.15) is 0 Å². The first-order valence-corrected chi connectivity index (χ1v) is 22.3. The van der Waals surface area contributed by atoms with Crippen molar-refractivity contribution in [2.45, 2.75) is 0 Å². The minimum Gasteiger partial charge on any atom is -0.255 e. The van der Waals surface area contributed by atoms with Crippen molar-refractivity contribution in [1.29, 1.82) is 0 Å². The summed E-state index contributed by atoms with van der Waals surface area (Å²) in [4.78, 5) is 34.1. The molecule has 0 aromatic carbocycles. The molecule has 0 saturated heterocycles. The second kappa shape index (κ2) is 19.4. The molecule has 7 rings (SSSR count). The van der Waals surface area contributed by atoms with Gasteiger partial charge in [0.25, 0.3) is 0 Å². The molecule has 0 fully saturated rings. The number of hydrogen-bond donors (Lipinski definition) is 0. The molecule has 0 atom stereocenters. The van der Waals surface area contributed by atoms with Crippen LogP contribution in [0.5, 0.6) is 0 Å². The van der Waals surface area contributed by atoms with E-state index in [9.17, 15) is 75.5 Å². The largest absolute Gasteiger partial charge is 3.00 e. The predicted molar refractivity (Wildman–Crippen MR) is 204 cm³/mol. The van der Waals surface area contributed by atoms with Crippen molar-refractivity contribution in [3.63, 3.8) is 0 Å². The van der Waals surface area contributed by atoms with Crippen LogP contribution in [0.4, 0.5) is 75.5 Å². The van der Waals surface area contributed by atoms with E-state index in [2.05, 4.69) is 39.9 Å². The molecule has 0 bridgehead atoms. The molecule has 7 aromatic heterocycles. The third kappa shape index (κ3) is 36.2. The molecular formula is C34H26F18N8P3Ru. The van der Waals surface area contributed by atoms with E-state index >= 15 is 0 Å². The minimum atomic E-state index is -10.7. The van der Waals surface area contributed by atoms with Crippen LogP contribution in [-0.2, 0) is 19.5 Å². The van der Waals surface area contributed by atoms with E-state index in [1.807, 2.05) is 109 Å². The van der Waals surface area contributed by atoms with Crippen molar-refractivity contribution in [1.82, 2.24) is 39.9 Å². The van der Waals surface area contributed by atoms with E-state index in [0.29, 0.717) is 0 Å². The van der Waals surface area contributed by atoms with Gasteiger partial charge in [0.05, 0.1) is 34.2 Å². The van der Waals surface area contributed by atoms with Gasteiger partial charge in [-0.3, -0.25) is 39.9 Å². The zero-order valence-corrected chi connectivity index (χ0v) is 35.5. The summed E-state index contributed by atoms with van der Waals surface area (Å²) in [6.45, 7) is 0. The van der Waals surface area contributed by atoms with Crippen molar-refractivity contribution >= 4 is 23.4 Å². The van der Waals surface area contributed by atoms with Crippen LogP contribution in [0.15, 0.2) is 159 Å². The van der Waals surface area contributed by atoms with Gasteiger partial charge in [0.1, 0.15) is 11.4 Å². The molecule has 0 aliphatic rings. The van der Waals surface area contributed by atoms with Crippen molar-refractivity contribution in [3.05, 3.63) is 159 Å². The number of rotatable bonds is 4. The molecule has 0 amide bonds. The molecule has 0 N–H and O–H groups in total. The monoisotopic (exact) mass is 1080 g/mol. The fourth-order valence-corrected chi connectivity index (χ4v) is 3.78. The average Bonchev–Trinajstić information content (AvgIpc) is 3.17. The Bertz CT molecular complexity index is 2150. The molecule has 1 radical (unpaired) electrons. The molecular weight excluding hydrogens is 1060 g/mol. The molecule has 7 heterocycles. The first-order valence-electron chi connectivity index (χ1n) is 16.2. The van der Waals surface area contributed by atoms with Gasteiger partial charge in [-0.05, 0) is 72.8 Å². The smallest absolute Gasteiger partial charge is 0.255 e. The van der Waals surface area contributed by atoms with E-state index in [0.717, 1.165) is 45.6 Å². The van der Waals surface area contributed by atoms with Gasteiger partial charge in [0, 0.05) is 49.6 Å². The van der Waals surface area contributed by atoms with E-state index < -0.39 is 23.4 Å². The molecule has 30 heteroatoms. The van der Waals surface area contributed by atoms with Gasteiger partial charge in [0.15, 0.2) is 0 Å². The second-order valence-corrected chi connectivity index (χ2v) is 17.2. The molecule has 0 saturated carbocycles. The number of halogens is 18. The Kier molecular flexibility index (Phi) is 17.2. The summed E-state index contributed by atoms with van der Waals surface area (Å²) in [5.74, 6) is 0. The van der Waals surface area contributed by atoms with E-state index in [-0.39, 0.29) is 19.5 Å². The van der Waals surface area contributed by atoms with Crippen LogP contribution in [0, 0.1) is 0 Å². The Morgan fingerprint density at radius 3 is 0.516 bits per heavy atom. The summed E-state index contributed by atoms with van der Waals surface area (Å²) in [5.41, 5.74) is 6.75. The third-order valence-electron chi connectivity index (χ3n) is 5.70. The van der Waals surface area contributed by atoms with Gasteiger partial charge in [0.2, 0.25) is 0 Å². The predicted octanol–water partition coefficient (Wildman–Crippen LogP) is 17.0. The van der Waals surface area contributed by atoms with Gasteiger partial charge >= 0.3 is 118 Å². The Hall–Kier alpha value is -5.37. The Morgan fingerprint density at radius 2 is 0.375 bits per heavy atom.